The molecule has 1 heterocycles. The highest BCUT2D eigenvalue weighted by molar-refractivity contribution is 7.99. The number of benzene rings is 2. The van der Waals surface area contributed by atoms with E-state index in [1.807, 2.05) is 30.3 Å². The van der Waals surface area contributed by atoms with Gasteiger partial charge in [0, 0.05) is 0 Å². The number of para-hydroxylation sites is 1. The Morgan fingerprint density at radius 1 is 1.15 bits per heavy atom. The Bertz CT molecular complexity index is 848. The number of nitrogens with one attached hydrogen (secondary N) is 1. The molecule has 2 aromatic carbocycles. The van der Waals surface area contributed by atoms with Crippen LogP contribution >= 0.6 is 11.8 Å². The van der Waals surface area contributed by atoms with Crippen LogP contribution < -0.4 is 5.32 Å². The fraction of sp³-hybridized carbons (Fsp3) is 0.263. The lowest BCUT2D eigenvalue weighted by Gasteiger charge is -2.17. The average molecular weight is 367 g/mol. The maximum atomic E-state index is 12.4. The number of rotatable bonds is 7. The molecule has 1 amide bonds. The van der Waals surface area contributed by atoms with Gasteiger partial charge in [-0.15, -0.1) is 5.10 Å². The fourth-order valence-corrected chi connectivity index (χ4v) is 3.29. The number of carbonyl (C=O) groups is 1. The highest BCUT2D eigenvalue weighted by Crippen LogP contribution is 2.20. The van der Waals surface area contributed by atoms with Crippen molar-refractivity contribution in [3.63, 3.8) is 0 Å². The van der Waals surface area contributed by atoms with Crippen molar-refractivity contribution in [1.82, 2.24) is 25.5 Å². The van der Waals surface area contributed by atoms with Gasteiger partial charge >= 0.3 is 0 Å². The van der Waals surface area contributed by atoms with Gasteiger partial charge in [-0.3, -0.25) is 4.79 Å². The second-order valence-electron chi connectivity index (χ2n) is 5.94. The van der Waals surface area contributed by atoms with Crippen molar-refractivity contribution in [3.05, 3.63) is 65.7 Å². The van der Waals surface area contributed by atoms with Gasteiger partial charge in [-0.1, -0.05) is 66.7 Å². The van der Waals surface area contributed by atoms with E-state index in [2.05, 4.69) is 59.0 Å². The molecule has 0 saturated carbocycles. The summed E-state index contributed by atoms with van der Waals surface area (Å²) in [5, 5.41) is 15.4. The van der Waals surface area contributed by atoms with Gasteiger partial charge in [-0.25, -0.2) is 0 Å². The van der Waals surface area contributed by atoms with E-state index in [1.165, 1.54) is 17.3 Å². The Kier molecular flexibility index (Phi) is 6.01. The number of thioether (sulfide) groups is 1. The summed E-state index contributed by atoms with van der Waals surface area (Å²) in [7, 11) is 0. The van der Waals surface area contributed by atoms with Crippen molar-refractivity contribution in [3.8, 4) is 5.69 Å². The summed E-state index contributed by atoms with van der Waals surface area (Å²) < 4.78 is 1.63. The van der Waals surface area contributed by atoms with Gasteiger partial charge in [0.1, 0.15) is 0 Å². The minimum Gasteiger partial charge on any atom is -0.349 e. The van der Waals surface area contributed by atoms with Crippen molar-refractivity contribution in [1.29, 1.82) is 0 Å². The molecule has 0 radical (unpaired) electrons. The molecule has 0 saturated heterocycles. The highest BCUT2D eigenvalue weighted by atomic mass is 32.2. The molecule has 0 aliphatic heterocycles. The van der Waals surface area contributed by atoms with Crippen molar-refractivity contribution in [2.45, 2.75) is 31.5 Å². The van der Waals surface area contributed by atoms with Crippen molar-refractivity contribution < 1.29 is 4.79 Å². The zero-order valence-electron chi connectivity index (χ0n) is 14.8. The number of aromatic nitrogens is 4. The van der Waals surface area contributed by atoms with E-state index in [0.717, 1.165) is 17.7 Å². The van der Waals surface area contributed by atoms with Crippen LogP contribution in [0.15, 0.2) is 59.8 Å². The number of tetrazole rings is 1. The first-order valence-electron chi connectivity index (χ1n) is 8.50. The molecule has 3 rings (SSSR count). The lowest BCUT2D eigenvalue weighted by molar-refractivity contribution is -0.119. The SMILES string of the molecule is CC[C@@H](NC(=O)CSc1nnnn1-c1ccccc1)c1ccc(C)cc1. The van der Waals surface area contributed by atoms with Gasteiger partial charge in [0.25, 0.3) is 0 Å². The molecule has 134 valence electrons. The molecule has 1 aromatic heterocycles. The summed E-state index contributed by atoms with van der Waals surface area (Å²) in [6.45, 7) is 4.12. The van der Waals surface area contributed by atoms with E-state index in [0.29, 0.717) is 5.16 Å². The van der Waals surface area contributed by atoms with E-state index in [-0.39, 0.29) is 17.7 Å². The minimum atomic E-state index is -0.0370. The van der Waals surface area contributed by atoms with E-state index >= 15 is 0 Å². The summed E-state index contributed by atoms with van der Waals surface area (Å²) in [6, 6.07) is 17.9. The summed E-state index contributed by atoms with van der Waals surface area (Å²) in [4.78, 5) is 12.4. The van der Waals surface area contributed by atoms with Crippen LogP contribution in [0.1, 0.15) is 30.5 Å². The average Bonchev–Trinajstić information content (AvgIpc) is 3.14. The lowest BCUT2D eigenvalue weighted by atomic mass is 10.0. The second-order valence-corrected chi connectivity index (χ2v) is 6.88. The number of amides is 1. The van der Waals surface area contributed by atoms with Crippen LogP contribution in [0, 0.1) is 6.92 Å². The first kappa shape index (κ1) is 18.1. The summed E-state index contributed by atoms with van der Waals surface area (Å²) in [6.07, 6.45) is 0.835. The van der Waals surface area contributed by atoms with Crippen LogP contribution in [-0.2, 0) is 4.79 Å². The Morgan fingerprint density at radius 3 is 2.58 bits per heavy atom. The third kappa shape index (κ3) is 4.49. The van der Waals surface area contributed by atoms with E-state index in [9.17, 15) is 4.79 Å². The van der Waals surface area contributed by atoms with Crippen LogP contribution in [-0.4, -0.2) is 31.9 Å². The second kappa shape index (κ2) is 8.62. The number of hydrogen-bond acceptors (Lipinski definition) is 5. The molecule has 6 nitrogen and oxygen atoms in total. The number of carbonyl (C=O) groups excluding carboxylic acids is 1. The van der Waals surface area contributed by atoms with E-state index in [4.69, 9.17) is 0 Å². The molecule has 1 N–H and O–H groups in total. The molecule has 0 fully saturated rings. The topological polar surface area (TPSA) is 72.7 Å². The Hall–Kier alpha value is -2.67. The minimum absolute atomic E-state index is 0.00817. The van der Waals surface area contributed by atoms with Gasteiger partial charge in [0.2, 0.25) is 11.1 Å². The van der Waals surface area contributed by atoms with E-state index < -0.39 is 0 Å². The first-order valence-corrected chi connectivity index (χ1v) is 9.48. The largest absolute Gasteiger partial charge is 0.349 e. The third-order valence-corrected chi connectivity index (χ3v) is 4.92. The first-order chi connectivity index (χ1) is 12.7. The van der Waals surface area contributed by atoms with Crippen LogP contribution in [0.25, 0.3) is 5.69 Å². The molecule has 26 heavy (non-hydrogen) atoms. The lowest BCUT2D eigenvalue weighted by Crippen LogP contribution is -2.29. The normalized spacial score (nSPS) is 11.9. The zero-order valence-corrected chi connectivity index (χ0v) is 15.6. The third-order valence-electron chi connectivity index (χ3n) is 4.00. The van der Waals surface area contributed by atoms with Crippen LogP contribution in [0.5, 0.6) is 0 Å². The smallest absolute Gasteiger partial charge is 0.230 e. The summed E-state index contributed by atoms with van der Waals surface area (Å²) in [5.41, 5.74) is 3.19. The fourth-order valence-electron chi connectivity index (χ4n) is 2.59. The van der Waals surface area contributed by atoms with Gasteiger partial charge < -0.3 is 5.32 Å². The summed E-state index contributed by atoms with van der Waals surface area (Å²) >= 11 is 1.32. The molecule has 0 unspecified atom stereocenters. The number of hydrogen-bond donors (Lipinski definition) is 1. The predicted octanol–water partition coefficient (Wildman–Crippen LogP) is 3.33. The molecule has 7 heteroatoms. The van der Waals surface area contributed by atoms with Crippen LogP contribution in [0.2, 0.25) is 0 Å². The van der Waals surface area contributed by atoms with Gasteiger partial charge in [0.15, 0.2) is 0 Å². The molecule has 0 spiro atoms. The number of nitrogens with zero attached hydrogens (tertiary/aromatic N) is 4. The van der Waals surface area contributed by atoms with Gasteiger partial charge in [-0.2, -0.15) is 4.68 Å². The predicted molar refractivity (Wildman–Crippen MR) is 102 cm³/mol. The molecule has 0 aliphatic rings. The maximum absolute atomic E-state index is 12.4. The quantitative estimate of drug-likeness (QED) is 0.649. The van der Waals surface area contributed by atoms with Crippen LogP contribution in [0.4, 0.5) is 0 Å². The molecule has 0 aliphatic carbocycles. The monoisotopic (exact) mass is 367 g/mol. The molecule has 0 bridgehead atoms. The standard InChI is InChI=1S/C19H21N5OS/c1-3-17(15-11-9-14(2)10-12-15)20-18(25)13-26-19-21-22-23-24(19)16-7-5-4-6-8-16/h4-12,17H,3,13H2,1-2H3,(H,20,25)/t17-/m1/s1. The zero-order chi connectivity index (χ0) is 18.4. The number of aryl methyl sites for hydroxylation is 1. The van der Waals surface area contributed by atoms with Crippen molar-refractivity contribution in [2.24, 2.45) is 0 Å². The molecular weight excluding hydrogens is 346 g/mol. The van der Waals surface area contributed by atoms with Crippen molar-refractivity contribution >= 4 is 17.7 Å². The Balaban J connectivity index is 1.61. The Labute approximate surface area is 157 Å². The van der Waals surface area contributed by atoms with Crippen molar-refractivity contribution in [2.75, 3.05) is 5.75 Å². The van der Waals surface area contributed by atoms with Gasteiger partial charge in [0.05, 0.1) is 17.5 Å². The highest BCUT2D eigenvalue weighted by Gasteiger charge is 2.15. The van der Waals surface area contributed by atoms with Gasteiger partial charge in [-0.05, 0) is 41.5 Å². The van der Waals surface area contributed by atoms with E-state index in [1.54, 1.807) is 4.68 Å². The summed E-state index contributed by atoms with van der Waals surface area (Å²) in [5.74, 6) is 0.222. The van der Waals surface area contributed by atoms with Crippen LogP contribution in [0.3, 0.4) is 0 Å². The maximum Gasteiger partial charge on any atom is 0.230 e. The molecular formula is C19H21N5OS. The Morgan fingerprint density at radius 2 is 1.88 bits per heavy atom. The molecule has 1 atom stereocenters. The molecule has 3 aromatic rings.